The summed E-state index contributed by atoms with van der Waals surface area (Å²) in [6.07, 6.45) is 2.97. The Hall–Kier alpha value is -1.57. The van der Waals surface area contributed by atoms with E-state index in [2.05, 4.69) is 39.0 Å². The summed E-state index contributed by atoms with van der Waals surface area (Å²) in [6.45, 7) is 6.48. The minimum absolute atomic E-state index is 0.0875. The van der Waals surface area contributed by atoms with Crippen LogP contribution in [0.1, 0.15) is 43.9 Å². The second kappa shape index (κ2) is 4.02. The summed E-state index contributed by atoms with van der Waals surface area (Å²) in [5.41, 5.74) is 4.55. The van der Waals surface area contributed by atoms with Crippen LogP contribution in [0.25, 0.3) is 5.57 Å². The Morgan fingerprint density at radius 1 is 1.29 bits per heavy atom. The quantitative estimate of drug-likeness (QED) is 0.692. The third-order valence-corrected chi connectivity index (χ3v) is 3.28. The molecule has 0 radical (unpaired) electrons. The molecule has 1 aliphatic rings. The van der Waals surface area contributed by atoms with Crippen molar-refractivity contribution in [1.82, 2.24) is 0 Å². The largest absolute Gasteiger partial charge is 0.545 e. The standard InChI is InChI=1S/C15H18O2/c1-15(2,3)12-7-6-10-4-5-11(8-14(16)17)13(10)9-12/h6-9H,4-5H2,1-3H3,(H,16,17)/p-1/b11-8-. The predicted molar refractivity (Wildman–Crippen MR) is 66.4 cm³/mol. The zero-order chi connectivity index (χ0) is 12.6. The Kier molecular flexibility index (Phi) is 2.82. The third kappa shape index (κ3) is 2.41. The summed E-state index contributed by atoms with van der Waals surface area (Å²) >= 11 is 0. The number of benzene rings is 1. The highest BCUT2D eigenvalue weighted by molar-refractivity contribution is 5.90. The summed E-state index contributed by atoms with van der Waals surface area (Å²) in [6, 6.07) is 6.38. The number of fused-ring (bicyclic) bond motifs is 1. The summed E-state index contributed by atoms with van der Waals surface area (Å²) < 4.78 is 0. The van der Waals surface area contributed by atoms with Crippen molar-refractivity contribution < 1.29 is 9.90 Å². The van der Waals surface area contributed by atoms with Crippen molar-refractivity contribution in [1.29, 1.82) is 0 Å². The van der Waals surface area contributed by atoms with E-state index in [1.54, 1.807) is 0 Å². The fraction of sp³-hybridized carbons (Fsp3) is 0.400. The maximum Gasteiger partial charge on any atom is 0.0645 e. The first-order chi connectivity index (χ1) is 7.88. The fourth-order valence-electron chi connectivity index (χ4n) is 2.26. The molecular formula is C15H17O2-. The molecule has 0 aromatic heterocycles. The SMILES string of the molecule is CC(C)(C)c1ccc2c(c1)/C(=C\C(=O)[O-])CC2. The van der Waals surface area contributed by atoms with Crippen LogP contribution in [0.15, 0.2) is 24.3 Å². The van der Waals surface area contributed by atoms with Crippen LogP contribution in [0.3, 0.4) is 0 Å². The highest BCUT2D eigenvalue weighted by Crippen LogP contribution is 2.35. The molecule has 17 heavy (non-hydrogen) atoms. The second-order valence-corrected chi connectivity index (χ2v) is 5.61. The smallest absolute Gasteiger partial charge is 0.0645 e. The van der Waals surface area contributed by atoms with Crippen molar-refractivity contribution in [2.75, 3.05) is 0 Å². The van der Waals surface area contributed by atoms with Gasteiger partial charge in [-0.05, 0) is 46.6 Å². The Morgan fingerprint density at radius 3 is 2.59 bits per heavy atom. The van der Waals surface area contributed by atoms with Gasteiger partial charge in [-0.15, -0.1) is 0 Å². The van der Waals surface area contributed by atoms with Gasteiger partial charge in [0.05, 0.1) is 5.97 Å². The van der Waals surface area contributed by atoms with Gasteiger partial charge in [0, 0.05) is 0 Å². The lowest BCUT2D eigenvalue weighted by molar-refractivity contribution is -0.297. The Morgan fingerprint density at radius 2 is 2.00 bits per heavy atom. The molecule has 1 aromatic carbocycles. The van der Waals surface area contributed by atoms with Crippen LogP contribution in [0.4, 0.5) is 0 Å². The van der Waals surface area contributed by atoms with E-state index < -0.39 is 5.97 Å². The van der Waals surface area contributed by atoms with Crippen LogP contribution >= 0.6 is 0 Å². The number of rotatable bonds is 1. The number of allylic oxidation sites excluding steroid dienone is 1. The molecule has 2 rings (SSSR count). The van der Waals surface area contributed by atoms with Crippen LogP contribution in [0, 0.1) is 0 Å². The van der Waals surface area contributed by atoms with Crippen molar-refractivity contribution in [2.45, 2.75) is 39.0 Å². The number of aryl methyl sites for hydroxylation is 1. The van der Waals surface area contributed by atoms with Crippen molar-refractivity contribution in [3.63, 3.8) is 0 Å². The van der Waals surface area contributed by atoms with Gasteiger partial charge in [-0.3, -0.25) is 0 Å². The normalized spacial score (nSPS) is 17.2. The molecule has 0 atom stereocenters. The van der Waals surface area contributed by atoms with E-state index in [1.165, 1.54) is 17.2 Å². The summed E-state index contributed by atoms with van der Waals surface area (Å²) in [5.74, 6) is -1.10. The summed E-state index contributed by atoms with van der Waals surface area (Å²) in [4.78, 5) is 10.7. The summed E-state index contributed by atoms with van der Waals surface area (Å²) in [7, 11) is 0. The lowest BCUT2D eigenvalue weighted by Crippen LogP contribution is -2.19. The van der Waals surface area contributed by atoms with E-state index in [1.807, 2.05) is 0 Å². The molecule has 0 spiro atoms. The first kappa shape index (κ1) is 11.9. The average molecular weight is 229 g/mol. The molecule has 0 heterocycles. The number of carboxylic acid groups (broad SMARTS) is 1. The number of hydrogen-bond acceptors (Lipinski definition) is 2. The van der Waals surface area contributed by atoms with Gasteiger partial charge in [-0.2, -0.15) is 0 Å². The lowest BCUT2D eigenvalue weighted by Gasteiger charge is -2.20. The van der Waals surface area contributed by atoms with Crippen LogP contribution < -0.4 is 5.11 Å². The highest BCUT2D eigenvalue weighted by Gasteiger charge is 2.20. The zero-order valence-electron chi connectivity index (χ0n) is 10.5. The Bertz CT molecular complexity index is 490. The zero-order valence-corrected chi connectivity index (χ0v) is 10.5. The van der Waals surface area contributed by atoms with Gasteiger partial charge in [0.15, 0.2) is 0 Å². The first-order valence-corrected chi connectivity index (χ1v) is 5.93. The number of carbonyl (C=O) groups excluding carboxylic acids is 1. The molecule has 0 aliphatic heterocycles. The molecule has 2 heteroatoms. The van der Waals surface area contributed by atoms with Crippen LogP contribution in [-0.2, 0) is 16.6 Å². The molecule has 90 valence electrons. The number of carboxylic acids is 1. The van der Waals surface area contributed by atoms with Crippen LogP contribution in [0.2, 0.25) is 0 Å². The highest BCUT2D eigenvalue weighted by atomic mass is 16.4. The Labute approximate surface area is 102 Å². The van der Waals surface area contributed by atoms with Gasteiger partial charge in [-0.1, -0.05) is 39.0 Å². The van der Waals surface area contributed by atoms with E-state index >= 15 is 0 Å². The minimum Gasteiger partial charge on any atom is -0.545 e. The van der Waals surface area contributed by atoms with E-state index in [0.29, 0.717) is 0 Å². The van der Waals surface area contributed by atoms with Gasteiger partial charge in [0.2, 0.25) is 0 Å². The van der Waals surface area contributed by atoms with Crippen molar-refractivity contribution in [2.24, 2.45) is 0 Å². The van der Waals surface area contributed by atoms with E-state index in [0.717, 1.165) is 24.0 Å². The minimum atomic E-state index is -1.10. The van der Waals surface area contributed by atoms with Crippen molar-refractivity contribution >= 4 is 11.5 Å². The first-order valence-electron chi connectivity index (χ1n) is 5.93. The molecule has 1 aliphatic carbocycles. The van der Waals surface area contributed by atoms with E-state index in [-0.39, 0.29) is 5.41 Å². The van der Waals surface area contributed by atoms with E-state index in [9.17, 15) is 9.90 Å². The number of hydrogen-bond donors (Lipinski definition) is 0. The molecule has 1 aromatic rings. The fourth-order valence-corrected chi connectivity index (χ4v) is 2.26. The maximum absolute atomic E-state index is 10.7. The topological polar surface area (TPSA) is 40.1 Å². The van der Waals surface area contributed by atoms with Gasteiger partial charge >= 0.3 is 0 Å². The Balaban J connectivity index is 2.48. The predicted octanol–water partition coefficient (Wildman–Crippen LogP) is 2.06. The van der Waals surface area contributed by atoms with Gasteiger partial charge in [0.1, 0.15) is 0 Å². The molecular weight excluding hydrogens is 212 g/mol. The van der Waals surface area contributed by atoms with E-state index in [4.69, 9.17) is 0 Å². The average Bonchev–Trinajstić information content (AvgIpc) is 2.59. The van der Waals surface area contributed by atoms with Crippen LogP contribution in [0.5, 0.6) is 0 Å². The second-order valence-electron chi connectivity index (χ2n) is 5.61. The molecule has 0 saturated heterocycles. The monoisotopic (exact) mass is 229 g/mol. The van der Waals surface area contributed by atoms with Gasteiger partial charge in [-0.25, -0.2) is 0 Å². The number of carbonyl (C=O) groups is 1. The molecule has 0 bridgehead atoms. The van der Waals surface area contributed by atoms with Crippen LogP contribution in [-0.4, -0.2) is 5.97 Å². The lowest BCUT2D eigenvalue weighted by atomic mass is 9.85. The molecule has 0 fully saturated rings. The molecule has 0 N–H and O–H groups in total. The maximum atomic E-state index is 10.7. The molecule has 0 amide bonds. The third-order valence-electron chi connectivity index (χ3n) is 3.28. The summed E-state index contributed by atoms with van der Waals surface area (Å²) in [5, 5.41) is 10.7. The van der Waals surface area contributed by atoms with Crippen molar-refractivity contribution in [3.8, 4) is 0 Å². The van der Waals surface area contributed by atoms with Gasteiger partial charge in [0.25, 0.3) is 0 Å². The molecule has 0 saturated carbocycles. The van der Waals surface area contributed by atoms with Crippen molar-refractivity contribution in [3.05, 3.63) is 41.0 Å². The van der Waals surface area contributed by atoms with Gasteiger partial charge < -0.3 is 9.90 Å². The molecule has 0 unspecified atom stereocenters. The number of aliphatic carboxylic acids is 1. The molecule has 2 nitrogen and oxygen atoms in total.